The van der Waals surface area contributed by atoms with Gasteiger partial charge in [-0.25, -0.2) is 9.59 Å². The molecular weight excluding hydrogens is 366 g/mol. The third kappa shape index (κ3) is 6.58. The minimum absolute atomic E-state index is 0.295. The van der Waals surface area contributed by atoms with E-state index in [0.29, 0.717) is 35.1 Å². The van der Waals surface area contributed by atoms with Gasteiger partial charge in [-0.15, -0.1) is 0 Å². The Bertz CT molecular complexity index is 779. The second-order valence-electron chi connectivity index (χ2n) is 5.80. The van der Waals surface area contributed by atoms with E-state index < -0.39 is 12.0 Å². The van der Waals surface area contributed by atoms with E-state index in [0.717, 1.165) is 13.1 Å². The first-order valence-corrected chi connectivity index (χ1v) is 9.23. The summed E-state index contributed by atoms with van der Waals surface area (Å²) in [5.74, 6) is -0.471. The Hall–Kier alpha value is -2.57. The Morgan fingerprint density at radius 2 is 1.78 bits per heavy atom. The minimum Gasteiger partial charge on any atom is -0.461 e. The first-order valence-electron chi connectivity index (χ1n) is 8.85. The molecule has 0 saturated carbocycles. The molecule has 0 heterocycles. The predicted octanol–water partition coefficient (Wildman–Crippen LogP) is 4.48. The van der Waals surface area contributed by atoms with Gasteiger partial charge in [0, 0.05) is 17.3 Å². The molecule has 2 aromatic carbocycles. The highest BCUT2D eigenvalue weighted by atomic mass is 35.5. The number of para-hydroxylation sites is 1. The number of likely N-dealkylation sites (N-methyl/N-ethyl adjacent to an activating group) is 1. The molecule has 144 valence electrons. The Labute approximate surface area is 164 Å². The van der Waals surface area contributed by atoms with Crippen LogP contribution in [-0.2, 0) is 4.74 Å². The highest BCUT2D eigenvalue weighted by Gasteiger charge is 2.15. The molecule has 2 aromatic rings. The summed E-state index contributed by atoms with van der Waals surface area (Å²) in [7, 11) is 0. The summed E-state index contributed by atoms with van der Waals surface area (Å²) >= 11 is 5.91. The van der Waals surface area contributed by atoms with Crippen LogP contribution in [-0.4, -0.2) is 43.1 Å². The van der Waals surface area contributed by atoms with Crippen molar-refractivity contribution in [1.82, 2.24) is 4.90 Å². The molecule has 6 nitrogen and oxygen atoms in total. The minimum atomic E-state index is -0.472. The molecule has 2 amide bonds. The van der Waals surface area contributed by atoms with Gasteiger partial charge in [-0.1, -0.05) is 43.6 Å². The number of anilines is 2. The summed E-state index contributed by atoms with van der Waals surface area (Å²) in [5, 5.41) is 5.87. The number of ether oxygens (including phenoxy) is 1. The van der Waals surface area contributed by atoms with Gasteiger partial charge in [-0.3, -0.25) is 0 Å². The maximum absolute atomic E-state index is 12.4. The highest BCUT2D eigenvalue weighted by Crippen LogP contribution is 2.18. The zero-order valence-electron chi connectivity index (χ0n) is 15.5. The maximum Gasteiger partial charge on any atom is 0.340 e. The van der Waals surface area contributed by atoms with Gasteiger partial charge in [-0.05, 0) is 43.4 Å². The molecule has 0 saturated heterocycles. The van der Waals surface area contributed by atoms with Crippen molar-refractivity contribution in [2.75, 3.05) is 36.9 Å². The number of hydrogen-bond donors (Lipinski definition) is 2. The van der Waals surface area contributed by atoms with Crippen molar-refractivity contribution in [3.8, 4) is 0 Å². The van der Waals surface area contributed by atoms with Gasteiger partial charge in [0.1, 0.15) is 6.61 Å². The Morgan fingerprint density at radius 3 is 2.48 bits per heavy atom. The Morgan fingerprint density at radius 1 is 1.04 bits per heavy atom. The number of carbonyl (C=O) groups is 2. The smallest absolute Gasteiger partial charge is 0.340 e. The number of amides is 2. The van der Waals surface area contributed by atoms with Crippen molar-refractivity contribution < 1.29 is 14.3 Å². The number of rotatable bonds is 8. The van der Waals surface area contributed by atoms with Crippen LogP contribution in [0.5, 0.6) is 0 Å². The normalized spacial score (nSPS) is 10.5. The number of carbonyl (C=O) groups excluding carboxylic acids is 2. The molecule has 7 heteroatoms. The lowest BCUT2D eigenvalue weighted by Crippen LogP contribution is -2.28. The molecule has 0 bridgehead atoms. The quantitative estimate of drug-likeness (QED) is 0.653. The molecule has 0 unspecified atom stereocenters. The third-order valence-electron chi connectivity index (χ3n) is 4.01. The van der Waals surface area contributed by atoms with Crippen LogP contribution in [0.4, 0.5) is 16.2 Å². The van der Waals surface area contributed by atoms with Crippen LogP contribution < -0.4 is 10.6 Å². The average Bonchev–Trinajstić information content (AvgIpc) is 2.65. The summed E-state index contributed by atoms with van der Waals surface area (Å²) in [6.45, 7) is 6.88. The van der Waals surface area contributed by atoms with Crippen molar-refractivity contribution >= 4 is 35.0 Å². The van der Waals surface area contributed by atoms with E-state index in [1.54, 1.807) is 48.5 Å². The van der Waals surface area contributed by atoms with Crippen molar-refractivity contribution in [1.29, 1.82) is 0 Å². The largest absolute Gasteiger partial charge is 0.461 e. The fourth-order valence-corrected chi connectivity index (χ4v) is 2.70. The summed E-state index contributed by atoms with van der Waals surface area (Å²) in [6.07, 6.45) is 0. The van der Waals surface area contributed by atoms with Gasteiger partial charge in [0.25, 0.3) is 0 Å². The second-order valence-corrected chi connectivity index (χ2v) is 6.23. The fourth-order valence-electron chi connectivity index (χ4n) is 2.51. The van der Waals surface area contributed by atoms with Crippen molar-refractivity contribution in [2.24, 2.45) is 0 Å². The van der Waals surface area contributed by atoms with E-state index >= 15 is 0 Å². The van der Waals surface area contributed by atoms with E-state index in [9.17, 15) is 9.59 Å². The molecular formula is C20H24ClN3O3. The third-order valence-corrected chi connectivity index (χ3v) is 4.25. The molecule has 27 heavy (non-hydrogen) atoms. The maximum atomic E-state index is 12.4. The van der Waals surface area contributed by atoms with Crippen molar-refractivity contribution in [2.45, 2.75) is 13.8 Å². The van der Waals surface area contributed by atoms with Gasteiger partial charge in [-0.2, -0.15) is 0 Å². The summed E-state index contributed by atoms with van der Waals surface area (Å²) in [6, 6.07) is 13.1. The Kier molecular flexibility index (Phi) is 8.10. The van der Waals surface area contributed by atoms with Crippen LogP contribution in [0, 0.1) is 0 Å². The Balaban J connectivity index is 1.97. The first kappa shape index (κ1) is 20.7. The van der Waals surface area contributed by atoms with Crippen molar-refractivity contribution in [3.63, 3.8) is 0 Å². The lowest BCUT2D eigenvalue weighted by Gasteiger charge is -2.18. The molecule has 0 aliphatic rings. The van der Waals surface area contributed by atoms with Crippen molar-refractivity contribution in [3.05, 3.63) is 59.1 Å². The molecule has 0 spiro atoms. The number of nitrogens with one attached hydrogen (secondary N) is 2. The van der Waals surface area contributed by atoms with E-state index in [-0.39, 0.29) is 0 Å². The lowest BCUT2D eigenvalue weighted by atomic mass is 10.2. The van der Waals surface area contributed by atoms with Gasteiger partial charge in [0.05, 0.1) is 11.3 Å². The van der Waals surface area contributed by atoms with Gasteiger partial charge in [0.2, 0.25) is 0 Å². The zero-order chi connectivity index (χ0) is 19.6. The topological polar surface area (TPSA) is 70.7 Å². The molecule has 2 N–H and O–H groups in total. The van der Waals surface area contributed by atoms with E-state index in [4.69, 9.17) is 16.3 Å². The van der Waals surface area contributed by atoms with E-state index in [1.807, 2.05) is 0 Å². The second kappa shape index (κ2) is 10.5. The van der Waals surface area contributed by atoms with Crippen LogP contribution in [0.15, 0.2) is 48.5 Å². The predicted molar refractivity (Wildman–Crippen MR) is 109 cm³/mol. The highest BCUT2D eigenvalue weighted by molar-refractivity contribution is 6.30. The van der Waals surface area contributed by atoms with E-state index in [2.05, 4.69) is 29.4 Å². The van der Waals surface area contributed by atoms with Crippen LogP contribution in [0.2, 0.25) is 5.02 Å². The number of hydrogen-bond acceptors (Lipinski definition) is 4. The summed E-state index contributed by atoms with van der Waals surface area (Å²) < 4.78 is 5.35. The van der Waals surface area contributed by atoms with Crippen LogP contribution in [0.3, 0.4) is 0 Å². The summed E-state index contributed by atoms with van der Waals surface area (Å²) in [5.41, 5.74) is 1.24. The summed E-state index contributed by atoms with van der Waals surface area (Å²) in [4.78, 5) is 26.8. The zero-order valence-corrected chi connectivity index (χ0v) is 16.3. The molecule has 0 aliphatic heterocycles. The first-order chi connectivity index (χ1) is 13.0. The molecule has 0 aliphatic carbocycles. The number of benzene rings is 2. The molecule has 0 fully saturated rings. The van der Waals surface area contributed by atoms with Crippen LogP contribution in [0.25, 0.3) is 0 Å². The van der Waals surface area contributed by atoms with Crippen LogP contribution >= 0.6 is 11.6 Å². The SMILES string of the molecule is CCN(CC)CCOC(=O)c1ccccc1NC(=O)Nc1cccc(Cl)c1. The van der Waals surface area contributed by atoms with Crippen LogP contribution in [0.1, 0.15) is 24.2 Å². The molecule has 0 atom stereocenters. The molecule has 0 radical (unpaired) electrons. The molecule has 2 rings (SSSR count). The standard InChI is InChI=1S/C20H24ClN3O3/c1-3-24(4-2)12-13-27-19(25)17-10-5-6-11-18(17)23-20(26)22-16-9-7-8-15(21)14-16/h5-11,14H,3-4,12-13H2,1-2H3,(H2,22,23,26). The van der Waals surface area contributed by atoms with Gasteiger partial charge >= 0.3 is 12.0 Å². The average molecular weight is 390 g/mol. The monoisotopic (exact) mass is 389 g/mol. The number of halogens is 1. The fraction of sp³-hybridized carbons (Fsp3) is 0.300. The van der Waals surface area contributed by atoms with Gasteiger partial charge < -0.3 is 20.3 Å². The van der Waals surface area contributed by atoms with Gasteiger partial charge in [0.15, 0.2) is 0 Å². The number of esters is 1. The van der Waals surface area contributed by atoms with E-state index in [1.165, 1.54) is 0 Å². The molecule has 0 aromatic heterocycles. The lowest BCUT2D eigenvalue weighted by molar-refractivity contribution is 0.0467. The number of nitrogens with zero attached hydrogens (tertiary/aromatic N) is 1. The number of urea groups is 1.